The molecule has 1 spiro atoms. The summed E-state index contributed by atoms with van der Waals surface area (Å²) in [6.07, 6.45) is 2.94. The molecule has 5 heteroatoms. The number of ether oxygens (including phenoxy) is 1. The van der Waals surface area contributed by atoms with Crippen LogP contribution in [0.3, 0.4) is 0 Å². The molecular formula is C20H20BrFN2O. The second kappa shape index (κ2) is 6.89. The number of anilines is 1. The van der Waals surface area contributed by atoms with Gasteiger partial charge in [-0.3, -0.25) is 4.99 Å². The van der Waals surface area contributed by atoms with Crippen LogP contribution in [0.2, 0.25) is 0 Å². The van der Waals surface area contributed by atoms with Gasteiger partial charge in [-0.2, -0.15) is 0 Å². The van der Waals surface area contributed by atoms with Gasteiger partial charge >= 0.3 is 0 Å². The fourth-order valence-electron chi connectivity index (χ4n) is 3.70. The highest BCUT2D eigenvalue weighted by Gasteiger charge is 2.41. The van der Waals surface area contributed by atoms with Crippen molar-refractivity contribution in [1.29, 1.82) is 0 Å². The maximum atomic E-state index is 13.4. The number of fused-ring (bicyclic) bond motifs is 1. The predicted molar refractivity (Wildman–Crippen MR) is 101 cm³/mol. The quantitative estimate of drug-likeness (QED) is 0.770. The van der Waals surface area contributed by atoms with Gasteiger partial charge in [0.15, 0.2) is 0 Å². The largest absolute Gasteiger partial charge is 0.381 e. The minimum Gasteiger partial charge on any atom is -0.381 e. The molecule has 130 valence electrons. The minimum atomic E-state index is -0.248. The predicted octanol–water partition coefficient (Wildman–Crippen LogP) is 4.95. The zero-order valence-corrected chi connectivity index (χ0v) is 15.5. The number of para-hydroxylation sites is 1. The van der Waals surface area contributed by atoms with E-state index in [9.17, 15) is 4.39 Å². The van der Waals surface area contributed by atoms with E-state index in [1.54, 1.807) is 12.1 Å². The summed E-state index contributed by atoms with van der Waals surface area (Å²) >= 11 is 3.25. The van der Waals surface area contributed by atoms with Crippen molar-refractivity contribution < 1.29 is 9.13 Å². The summed E-state index contributed by atoms with van der Waals surface area (Å²) in [4.78, 5) is 4.91. The van der Waals surface area contributed by atoms with Crippen molar-refractivity contribution >= 4 is 27.5 Å². The molecule has 0 amide bonds. The van der Waals surface area contributed by atoms with Crippen molar-refractivity contribution in [2.75, 3.05) is 18.5 Å². The van der Waals surface area contributed by atoms with Crippen molar-refractivity contribution in [1.82, 2.24) is 0 Å². The molecule has 0 aromatic heterocycles. The molecule has 2 heterocycles. The molecule has 1 fully saturated rings. The number of benzene rings is 2. The Balaban J connectivity index is 1.66. The van der Waals surface area contributed by atoms with Crippen LogP contribution in [-0.2, 0) is 17.7 Å². The Bertz CT molecular complexity index is 815. The number of hydrogen-bond acceptors (Lipinski definition) is 2. The van der Waals surface area contributed by atoms with E-state index in [0.717, 1.165) is 49.6 Å². The molecule has 0 bridgehead atoms. The molecule has 4 rings (SSSR count). The van der Waals surface area contributed by atoms with Crippen molar-refractivity contribution in [3.8, 4) is 0 Å². The van der Waals surface area contributed by atoms with E-state index < -0.39 is 0 Å². The molecule has 0 aliphatic carbocycles. The summed E-state index contributed by atoms with van der Waals surface area (Å²) in [5.74, 6) is 0.789. The number of nitrogens with zero attached hydrogens (tertiary/aromatic N) is 1. The average molecular weight is 403 g/mol. The second-order valence-electron chi connectivity index (χ2n) is 6.76. The van der Waals surface area contributed by atoms with Gasteiger partial charge in [0.1, 0.15) is 11.7 Å². The van der Waals surface area contributed by atoms with Gasteiger partial charge in [0.2, 0.25) is 0 Å². The smallest absolute Gasteiger partial charge is 0.137 e. The summed E-state index contributed by atoms with van der Waals surface area (Å²) < 4.78 is 19.5. The highest BCUT2D eigenvalue weighted by Crippen LogP contribution is 2.41. The Kier molecular flexibility index (Phi) is 4.61. The lowest BCUT2D eigenvalue weighted by molar-refractivity contribution is 0.0448. The van der Waals surface area contributed by atoms with Crippen LogP contribution in [0.15, 0.2) is 51.9 Å². The first-order valence-electron chi connectivity index (χ1n) is 8.58. The van der Waals surface area contributed by atoms with Gasteiger partial charge in [0.25, 0.3) is 0 Å². The van der Waals surface area contributed by atoms with Gasteiger partial charge in [0, 0.05) is 24.3 Å². The SMILES string of the molecule is Fc1ccc(CN=C2Nc3ccccc3CC23CCOCC3)cc1Br. The van der Waals surface area contributed by atoms with E-state index in [0.29, 0.717) is 11.0 Å². The summed E-state index contributed by atoms with van der Waals surface area (Å²) in [5, 5.41) is 3.56. The topological polar surface area (TPSA) is 33.6 Å². The number of halogens is 2. The third kappa shape index (κ3) is 3.35. The number of amidine groups is 1. The number of rotatable bonds is 2. The van der Waals surface area contributed by atoms with E-state index in [-0.39, 0.29) is 11.2 Å². The molecule has 1 saturated heterocycles. The van der Waals surface area contributed by atoms with Crippen molar-refractivity contribution in [3.63, 3.8) is 0 Å². The van der Waals surface area contributed by atoms with Gasteiger partial charge in [-0.15, -0.1) is 0 Å². The van der Waals surface area contributed by atoms with Crippen LogP contribution in [-0.4, -0.2) is 19.0 Å². The molecule has 2 aliphatic rings. The highest BCUT2D eigenvalue weighted by molar-refractivity contribution is 9.10. The normalized spacial score (nSPS) is 20.3. The first-order valence-corrected chi connectivity index (χ1v) is 9.37. The molecule has 0 unspecified atom stereocenters. The Morgan fingerprint density at radius 2 is 1.96 bits per heavy atom. The number of aliphatic imine (C=N–C) groups is 1. The summed E-state index contributed by atoms with van der Waals surface area (Å²) in [5.41, 5.74) is 3.49. The third-order valence-corrected chi connectivity index (χ3v) is 5.76. The summed E-state index contributed by atoms with van der Waals surface area (Å²) in [6, 6.07) is 13.5. The van der Waals surface area contributed by atoms with Crippen molar-refractivity contribution in [2.45, 2.75) is 25.8 Å². The standard InChI is InChI=1S/C20H20BrFN2O/c21-16-11-14(5-6-17(16)22)13-23-19-20(7-9-25-10-8-20)12-15-3-1-2-4-18(15)24-19/h1-6,11H,7-10,12-13H2,(H,23,24). The van der Waals surface area contributed by atoms with Crippen LogP contribution >= 0.6 is 15.9 Å². The monoisotopic (exact) mass is 402 g/mol. The Hall–Kier alpha value is -1.72. The van der Waals surface area contributed by atoms with Crippen LogP contribution in [0.5, 0.6) is 0 Å². The van der Waals surface area contributed by atoms with Crippen LogP contribution in [0.1, 0.15) is 24.0 Å². The third-order valence-electron chi connectivity index (χ3n) is 5.16. The number of hydrogen-bond donors (Lipinski definition) is 1. The van der Waals surface area contributed by atoms with E-state index in [2.05, 4.69) is 39.4 Å². The van der Waals surface area contributed by atoms with E-state index in [4.69, 9.17) is 9.73 Å². The molecule has 2 aliphatic heterocycles. The van der Waals surface area contributed by atoms with Crippen molar-refractivity contribution in [3.05, 3.63) is 63.9 Å². The lowest BCUT2D eigenvalue weighted by Crippen LogP contribution is -2.45. The van der Waals surface area contributed by atoms with Crippen molar-refractivity contribution in [2.24, 2.45) is 10.4 Å². The molecule has 2 aromatic carbocycles. The molecular weight excluding hydrogens is 383 g/mol. The summed E-state index contributed by atoms with van der Waals surface area (Å²) in [6.45, 7) is 2.07. The summed E-state index contributed by atoms with van der Waals surface area (Å²) in [7, 11) is 0. The average Bonchev–Trinajstić information content (AvgIpc) is 2.63. The molecule has 0 atom stereocenters. The molecule has 25 heavy (non-hydrogen) atoms. The Morgan fingerprint density at radius 3 is 2.76 bits per heavy atom. The number of nitrogens with one attached hydrogen (secondary N) is 1. The lowest BCUT2D eigenvalue weighted by atomic mass is 9.71. The van der Waals surface area contributed by atoms with Crippen LogP contribution in [0, 0.1) is 11.2 Å². The van der Waals surface area contributed by atoms with Crippen LogP contribution < -0.4 is 5.32 Å². The van der Waals surface area contributed by atoms with Gasteiger partial charge in [0.05, 0.1) is 11.0 Å². The van der Waals surface area contributed by atoms with Gasteiger partial charge in [-0.25, -0.2) is 4.39 Å². The highest BCUT2D eigenvalue weighted by atomic mass is 79.9. The van der Waals surface area contributed by atoms with Crippen LogP contribution in [0.4, 0.5) is 10.1 Å². The van der Waals surface area contributed by atoms with Gasteiger partial charge in [-0.05, 0) is 64.5 Å². The zero-order valence-electron chi connectivity index (χ0n) is 13.9. The fraction of sp³-hybridized carbons (Fsp3) is 0.350. The second-order valence-corrected chi connectivity index (χ2v) is 7.62. The first kappa shape index (κ1) is 16.7. The van der Waals surface area contributed by atoms with Crippen LogP contribution in [0.25, 0.3) is 0 Å². The molecule has 1 N–H and O–H groups in total. The van der Waals surface area contributed by atoms with E-state index in [1.807, 2.05) is 6.07 Å². The lowest BCUT2D eigenvalue weighted by Gasteiger charge is -2.42. The molecule has 3 nitrogen and oxygen atoms in total. The molecule has 2 aromatic rings. The maximum Gasteiger partial charge on any atom is 0.137 e. The van der Waals surface area contributed by atoms with Gasteiger partial charge < -0.3 is 10.1 Å². The Morgan fingerprint density at radius 1 is 1.16 bits per heavy atom. The Labute approximate surface area is 155 Å². The fourth-order valence-corrected chi connectivity index (χ4v) is 4.12. The molecule has 0 saturated carbocycles. The van der Waals surface area contributed by atoms with Gasteiger partial charge in [-0.1, -0.05) is 24.3 Å². The maximum absolute atomic E-state index is 13.4. The van der Waals surface area contributed by atoms with E-state index >= 15 is 0 Å². The first-order chi connectivity index (χ1) is 12.2. The zero-order chi connectivity index (χ0) is 17.3. The minimum absolute atomic E-state index is 0.0177. The van der Waals surface area contributed by atoms with E-state index in [1.165, 1.54) is 11.6 Å². The molecule has 0 radical (unpaired) electrons.